The molecular weight excluding hydrogens is 286 g/mol. The Kier molecular flexibility index (Phi) is 4.90. The lowest BCUT2D eigenvalue weighted by Gasteiger charge is -2.22. The van der Waals surface area contributed by atoms with Crippen LogP contribution in [0.5, 0.6) is 0 Å². The summed E-state index contributed by atoms with van der Waals surface area (Å²) in [6.45, 7) is 7.55. The number of nitrogens with two attached hydrogens (primary N) is 1. The molecule has 1 aliphatic heterocycles. The predicted octanol–water partition coefficient (Wildman–Crippen LogP) is 1.99. The van der Waals surface area contributed by atoms with Crippen molar-refractivity contribution >= 4 is 27.9 Å². The van der Waals surface area contributed by atoms with Crippen LogP contribution in [-0.2, 0) is 0 Å². The quantitative estimate of drug-likeness (QED) is 0.743. The van der Waals surface area contributed by atoms with Gasteiger partial charge in [-0.05, 0) is 32.3 Å². The number of nitrogens with one attached hydrogen (secondary N) is 1. The topological polar surface area (TPSA) is 78.6 Å². The van der Waals surface area contributed by atoms with Gasteiger partial charge in [-0.25, -0.2) is 0 Å². The molecule has 0 saturated carbocycles. The molecule has 1 amide bonds. The number of rotatable bonds is 4. The number of carbonyl (C=O) groups excluding carboxylic acids is 1. The number of amides is 1. The molecule has 1 atom stereocenters. The zero-order valence-electron chi connectivity index (χ0n) is 12.4. The first-order chi connectivity index (χ1) is 9.93. The third-order valence-corrected chi connectivity index (χ3v) is 4.95. The summed E-state index contributed by atoms with van der Waals surface area (Å²) in [4.78, 5) is 14.7. The van der Waals surface area contributed by atoms with E-state index in [4.69, 9.17) is 5.73 Å². The van der Waals surface area contributed by atoms with E-state index in [1.165, 1.54) is 11.3 Å². The minimum atomic E-state index is -0.596. The first-order valence-electron chi connectivity index (χ1n) is 7.19. The van der Waals surface area contributed by atoms with Crippen molar-refractivity contribution in [2.24, 2.45) is 0 Å². The molecule has 1 saturated heterocycles. The molecular formula is C15H23N3O2S. The summed E-state index contributed by atoms with van der Waals surface area (Å²) < 4.78 is 0. The Labute approximate surface area is 129 Å². The first-order valence-corrected chi connectivity index (χ1v) is 8.00. The molecule has 6 heteroatoms. The number of anilines is 2. The fourth-order valence-electron chi connectivity index (χ4n) is 2.45. The van der Waals surface area contributed by atoms with E-state index in [1.54, 1.807) is 6.08 Å². The molecule has 4 N–H and O–H groups in total. The molecule has 2 heterocycles. The predicted molar refractivity (Wildman–Crippen MR) is 87.9 cm³/mol. The highest BCUT2D eigenvalue weighted by Gasteiger charge is 2.26. The Balaban J connectivity index is 2.11. The lowest BCUT2D eigenvalue weighted by molar-refractivity contribution is 0.0481. The summed E-state index contributed by atoms with van der Waals surface area (Å²) in [6, 6.07) is 1.85. The molecule has 116 valence electrons. The van der Waals surface area contributed by atoms with Crippen molar-refractivity contribution in [1.29, 1.82) is 0 Å². The van der Waals surface area contributed by atoms with E-state index < -0.39 is 5.60 Å². The Hall–Kier alpha value is -1.53. The molecule has 0 aliphatic carbocycles. The van der Waals surface area contributed by atoms with Gasteiger partial charge in [0.25, 0.3) is 5.91 Å². The van der Waals surface area contributed by atoms with Crippen LogP contribution in [0, 0.1) is 0 Å². The van der Waals surface area contributed by atoms with Gasteiger partial charge in [-0.1, -0.05) is 6.08 Å². The van der Waals surface area contributed by atoms with Crippen molar-refractivity contribution in [3.63, 3.8) is 0 Å². The standard InChI is InChI=1S/C15H23N3O2S/c1-3-7-17-14(19)13-11(16)10-12(21-13)18-8-4-5-15(2,20)6-9-18/h3,10,20H,1,4-9,16H2,2H3,(H,17,19). The molecule has 1 aliphatic rings. The van der Waals surface area contributed by atoms with Crippen molar-refractivity contribution in [2.45, 2.75) is 31.8 Å². The molecule has 1 unspecified atom stereocenters. The molecule has 21 heavy (non-hydrogen) atoms. The fraction of sp³-hybridized carbons (Fsp3) is 0.533. The average molecular weight is 309 g/mol. The van der Waals surface area contributed by atoms with Gasteiger partial charge in [-0.3, -0.25) is 4.79 Å². The van der Waals surface area contributed by atoms with Gasteiger partial charge in [0.2, 0.25) is 0 Å². The van der Waals surface area contributed by atoms with Crippen LogP contribution >= 0.6 is 11.3 Å². The Morgan fingerprint density at radius 1 is 1.62 bits per heavy atom. The van der Waals surface area contributed by atoms with E-state index in [0.717, 1.165) is 37.4 Å². The monoisotopic (exact) mass is 309 g/mol. The van der Waals surface area contributed by atoms with Gasteiger partial charge >= 0.3 is 0 Å². The molecule has 0 bridgehead atoms. The Morgan fingerprint density at radius 2 is 2.38 bits per heavy atom. The van der Waals surface area contributed by atoms with Gasteiger partial charge in [0.1, 0.15) is 4.88 Å². The van der Waals surface area contributed by atoms with Gasteiger partial charge in [-0.15, -0.1) is 17.9 Å². The summed E-state index contributed by atoms with van der Waals surface area (Å²) in [7, 11) is 0. The van der Waals surface area contributed by atoms with Gasteiger partial charge in [-0.2, -0.15) is 0 Å². The minimum absolute atomic E-state index is 0.162. The number of nitrogen functional groups attached to an aromatic ring is 1. The number of aliphatic hydroxyl groups is 1. The number of carbonyl (C=O) groups is 1. The van der Waals surface area contributed by atoms with Crippen LogP contribution in [0.25, 0.3) is 0 Å². The van der Waals surface area contributed by atoms with Crippen LogP contribution in [0.15, 0.2) is 18.7 Å². The van der Waals surface area contributed by atoms with Gasteiger partial charge in [0.05, 0.1) is 16.3 Å². The van der Waals surface area contributed by atoms with Crippen LogP contribution in [0.1, 0.15) is 35.9 Å². The maximum absolute atomic E-state index is 12.0. The molecule has 0 spiro atoms. The summed E-state index contributed by atoms with van der Waals surface area (Å²) >= 11 is 1.41. The van der Waals surface area contributed by atoms with Crippen molar-refractivity contribution in [1.82, 2.24) is 5.32 Å². The van der Waals surface area contributed by atoms with Crippen molar-refractivity contribution in [3.8, 4) is 0 Å². The van der Waals surface area contributed by atoms with Crippen LogP contribution in [0.2, 0.25) is 0 Å². The lowest BCUT2D eigenvalue weighted by Crippen LogP contribution is -2.27. The van der Waals surface area contributed by atoms with Crippen molar-refractivity contribution in [3.05, 3.63) is 23.6 Å². The second-order valence-corrected chi connectivity index (χ2v) is 6.74. The van der Waals surface area contributed by atoms with E-state index >= 15 is 0 Å². The van der Waals surface area contributed by atoms with Crippen molar-refractivity contribution in [2.75, 3.05) is 30.3 Å². The molecule has 0 radical (unpaired) electrons. The largest absolute Gasteiger partial charge is 0.397 e. The van der Waals surface area contributed by atoms with E-state index in [9.17, 15) is 9.90 Å². The highest BCUT2D eigenvalue weighted by molar-refractivity contribution is 7.18. The Bertz CT molecular complexity index is 525. The normalized spacial score (nSPS) is 22.7. The highest BCUT2D eigenvalue weighted by atomic mass is 32.1. The zero-order valence-corrected chi connectivity index (χ0v) is 13.2. The molecule has 5 nitrogen and oxygen atoms in total. The Morgan fingerprint density at radius 3 is 3.10 bits per heavy atom. The second-order valence-electron chi connectivity index (χ2n) is 5.71. The molecule has 1 aromatic rings. The van der Waals surface area contributed by atoms with E-state index in [-0.39, 0.29) is 5.91 Å². The summed E-state index contributed by atoms with van der Waals surface area (Å²) in [5, 5.41) is 13.9. The summed E-state index contributed by atoms with van der Waals surface area (Å²) in [6.07, 6.45) is 4.10. The van der Waals surface area contributed by atoms with E-state index in [2.05, 4.69) is 16.8 Å². The van der Waals surface area contributed by atoms with Crippen LogP contribution < -0.4 is 16.0 Å². The van der Waals surface area contributed by atoms with Crippen LogP contribution in [0.4, 0.5) is 10.7 Å². The van der Waals surface area contributed by atoms with E-state index in [1.807, 2.05) is 13.0 Å². The number of hydrogen-bond donors (Lipinski definition) is 3. The fourth-order valence-corrected chi connectivity index (χ4v) is 3.50. The highest BCUT2D eigenvalue weighted by Crippen LogP contribution is 2.34. The maximum Gasteiger partial charge on any atom is 0.263 e. The minimum Gasteiger partial charge on any atom is -0.397 e. The SMILES string of the molecule is C=CCNC(=O)c1sc(N2CCCC(C)(O)CC2)cc1N. The lowest BCUT2D eigenvalue weighted by atomic mass is 9.98. The summed E-state index contributed by atoms with van der Waals surface area (Å²) in [5.41, 5.74) is 5.87. The number of nitrogens with zero attached hydrogens (tertiary/aromatic N) is 1. The average Bonchev–Trinajstić information content (AvgIpc) is 2.71. The maximum atomic E-state index is 12.0. The molecule has 0 aromatic carbocycles. The second kappa shape index (κ2) is 6.49. The molecule has 1 fully saturated rings. The summed E-state index contributed by atoms with van der Waals surface area (Å²) in [5.74, 6) is -0.162. The molecule has 1 aromatic heterocycles. The number of thiophene rings is 1. The first kappa shape index (κ1) is 15.9. The van der Waals surface area contributed by atoms with Gasteiger partial charge < -0.3 is 21.1 Å². The molecule has 2 rings (SSSR count). The smallest absolute Gasteiger partial charge is 0.263 e. The van der Waals surface area contributed by atoms with Crippen molar-refractivity contribution < 1.29 is 9.90 Å². The van der Waals surface area contributed by atoms with Crippen LogP contribution in [-0.4, -0.2) is 36.2 Å². The van der Waals surface area contributed by atoms with Crippen LogP contribution in [0.3, 0.4) is 0 Å². The van der Waals surface area contributed by atoms with Gasteiger partial charge in [0, 0.05) is 19.6 Å². The number of hydrogen-bond acceptors (Lipinski definition) is 5. The van der Waals surface area contributed by atoms with E-state index in [0.29, 0.717) is 17.1 Å². The third kappa shape index (κ3) is 3.98. The van der Waals surface area contributed by atoms with Gasteiger partial charge in [0.15, 0.2) is 0 Å². The zero-order chi connectivity index (χ0) is 15.5. The third-order valence-electron chi connectivity index (χ3n) is 3.74.